The van der Waals surface area contributed by atoms with Gasteiger partial charge in [0.05, 0.1) is 17.3 Å². The monoisotopic (exact) mass is 528 g/mol. The lowest BCUT2D eigenvalue weighted by molar-refractivity contribution is 0.103. The van der Waals surface area contributed by atoms with Gasteiger partial charge in [0.15, 0.2) is 5.82 Å². The standard InChI is InChI=1S/C26H23F3N4O3S/c1-14-3-5-16(6-4-14)17-11-18-19(13-31-26(18)30-12-17)25(34)23-21(28)7-8-22(24(23)29)32-37(35,36)33-10-9-20(27)15(33)2/h3-8,11-13,15,20,32H,9-10H2,1-2H3,(H,30,31)/t15-,20+/m0/s1. The molecule has 0 bridgehead atoms. The average Bonchev–Trinajstić information content (AvgIpc) is 3.44. The van der Waals surface area contributed by atoms with E-state index in [0.29, 0.717) is 16.6 Å². The lowest BCUT2D eigenvalue weighted by Crippen LogP contribution is -2.40. The summed E-state index contributed by atoms with van der Waals surface area (Å²) >= 11 is 0. The van der Waals surface area contributed by atoms with Gasteiger partial charge in [-0.15, -0.1) is 0 Å². The zero-order valence-corrected chi connectivity index (χ0v) is 20.7. The van der Waals surface area contributed by atoms with Gasteiger partial charge in [0.1, 0.15) is 17.6 Å². The fourth-order valence-corrected chi connectivity index (χ4v) is 5.95. The molecule has 1 fully saturated rings. The second-order valence-electron chi connectivity index (χ2n) is 9.06. The van der Waals surface area contributed by atoms with Crippen LogP contribution in [0.15, 0.2) is 54.9 Å². The summed E-state index contributed by atoms with van der Waals surface area (Å²) < 4.78 is 72.5. The van der Waals surface area contributed by atoms with Gasteiger partial charge >= 0.3 is 10.2 Å². The topological polar surface area (TPSA) is 95.2 Å². The maximum atomic E-state index is 15.4. The van der Waals surface area contributed by atoms with E-state index in [9.17, 15) is 22.0 Å². The number of pyridine rings is 1. The van der Waals surface area contributed by atoms with Crippen LogP contribution in [0.4, 0.5) is 18.9 Å². The van der Waals surface area contributed by atoms with Crippen molar-refractivity contribution < 1.29 is 26.4 Å². The van der Waals surface area contributed by atoms with E-state index in [4.69, 9.17) is 0 Å². The number of aromatic nitrogens is 2. The molecular formula is C26H23F3N4O3S. The van der Waals surface area contributed by atoms with Gasteiger partial charge in [-0.2, -0.15) is 12.7 Å². The molecule has 3 heterocycles. The Balaban J connectivity index is 1.52. The summed E-state index contributed by atoms with van der Waals surface area (Å²) in [5.74, 6) is -3.50. The Hall–Kier alpha value is -3.70. The lowest BCUT2D eigenvalue weighted by Gasteiger charge is -2.22. The van der Waals surface area contributed by atoms with Gasteiger partial charge in [0.2, 0.25) is 5.78 Å². The predicted octanol–water partition coefficient (Wildman–Crippen LogP) is 5.14. The molecule has 2 N–H and O–H groups in total. The molecule has 7 nitrogen and oxygen atoms in total. The van der Waals surface area contributed by atoms with Gasteiger partial charge in [0, 0.05) is 35.5 Å². The first kappa shape index (κ1) is 25.0. The number of rotatable bonds is 6. The first-order valence-electron chi connectivity index (χ1n) is 11.6. The van der Waals surface area contributed by atoms with Crippen LogP contribution in [0.3, 0.4) is 0 Å². The minimum Gasteiger partial charge on any atom is -0.345 e. The number of anilines is 1. The number of alkyl halides is 1. The molecule has 1 saturated heterocycles. The third kappa shape index (κ3) is 4.49. The zero-order valence-electron chi connectivity index (χ0n) is 19.9. The summed E-state index contributed by atoms with van der Waals surface area (Å²) in [4.78, 5) is 20.5. The van der Waals surface area contributed by atoms with Crippen LogP contribution in [-0.4, -0.2) is 47.2 Å². The fourth-order valence-electron chi connectivity index (χ4n) is 4.48. The van der Waals surface area contributed by atoms with Gasteiger partial charge in [-0.1, -0.05) is 29.8 Å². The van der Waals surface area contributed by atoms with E-state index < -0.39 is 51.1 Å². The number of benzene rings is 2. The van der Waals surface area contributed by atoms with Crippen molar-refractivity contribution in [1.82, 2.24) is 14.3 Å². The third-order valence-electron chi connectivity index (χ3n) is 6.63. The summed E-state index contributed by atoms with van der Waals surface area (Å²) in [6.07, 6.45) is 1.58. The minimum absolute atomic E-state index is 0.0108. The molecule has 0 saturated carbocycles. The van der Waals surface area contributed by atoms with Crippen LogP contribution >= 0.6 is 0 Å². The normalized spacial score (nSPS) is 18.4. The van der Waals surface area contributed by atoms with Crippen LogP contribution in [0, 0.1) is 18.6 Å². The Morgan fingerprint density at radius 3 is 2.54 bits per heavy atom. The highest BCUT2D eigenvalue weighted by atomic mass is 32.2. The molecule has 11 heteroatoms. The summed E-state index contributed by atoms with van der Waals surface area (Å²) in [6, 6.07) is 10.1. The second kappa shape index (κ2) is 9.31. The van der Waals surface area contributed by atoms with E-state index >= 15 is 4.39 Å². The van der Waals surface area contributed by atoms with Gasteiger partial charge in [-0.25, -0.2) is 18.2 Å². The molecule has 0 aliphatic carbocycles. The van der Waals surface area contributed by atoms with Gasteiger partial charge in [-0.05, 0) is 44.0 Å². The van der Waals surface area contributed by atoms with Crippen molar-refractivity contribution in [2.24, 2.45) is 0 Å². The van der Waals surface area contributed by atoms with Crippen molar-refractivity contribution in [3.8, 4) is 11.1 Å². The number of nitrogens with one attached hydrogen (secondary N) is 2. The molecule has 4 aromatic rings. The van der Waals surface area contributed by atoms with Crippen molar-refractivity contribution in [3.63, 3.8) is 0 Å². The van der Waals surface area contributed by atoms with E-state index in [1.807, 2.05) is 35.9 Å². The first-order chi connectivity index (χ1) is 17.6. The molecule has 0 amide bonds. The van der Waals surface area contributed by atoms with Gasteiger partial charge in [-0.3, -0.25) is 9.52 Å². The van der Waals surface area contributed by atoms with Crippen LogP contribution in [0.1, 0.15) is 34.8 Å². The number of hydrogen-bond acceptors (Lipinski definition) is 4. The molecular weight excluding hydrogens is 505 g/mol. The Morgan fingerprint density at radius 2 is 1.86 bits per heavy atom. The fraction of sp³-hybridized carbons (Fsp3) is 0.231. The van der Waals surface area contributed by atoms with Crippen LogP contribution in [0.5, 0.6) is 0 Å². The molecule has 0 unspecified atom stereocenters. The highest BCUT2D eigenvalue weighted by Crippen LogP contribution is 2.31. The van der Waals surface area contributed by atoms with Crippen molar-refractivity contribution >= 4 is 32.7 Å². The van der Waals surface area contributed by atoms with Crippen molar-refractivity contribution in [2.45, 2.75) is 32.5 Å². The highest BCUT2D eigenvalue weighted by Gasteiger charge is 2.39. The second-order valence-corrected chi connectivity index (χ2v) is 10.7. The third-order valence-corrected chi connectivity index (χ3v) is 8.24. The van der Waals surface area contributed by atoms with E-state index in [1.165, 1.54) is 13.1 Å². The summed E-state index contributed by atoms with van der Waals surface area (Å²) in [5.41, 5.74) is 1.41. The highest BCUT2D eigenvalue weighted by molar-refractivity contribution is 7.90. The van der Waals surface area contributed by atoms with Crippen molar-refractivity contribution in [1.29, 1.82) is 0 Å². The molecule has 37 heavy (non-hydrogen) atoms. The Labute approximate surface area is 211 Å². The van der Waals surface area contributed by atoms with Crippen LogP contribution in [-0.2, 0) is 10.2 Å². The number of carbonyl (C=O) groups is 1. The maximum Gasteiger partial charge on any atom is 0.302 e. The smallest absolute Gasteiger partial charge is 0.302 e. The summed E-state index contributed by atoms with van der Waals surface area (Å²) in [5, 5.41) is 0.354. The van der Waals surface area contributed by atoms with E-state index in [2.05, 4.69) is 9.97 Å². The number of H-pyrrole nitrogens is 1. The van der Waals surface area contributed by atoms with Gasteiger partial charge < -0.3 is 4.98 Å². The SMILES string of the molecule is Cc1ccc(-c2cnc3[nH]cc(C(=O)c4c(F)ccc(NS(=O)(=O)N5CC[C@@H](F)[C@@H]5C)c4F)c3c2)cc1. The largest absolute Gasteiger partial charge is 0.345 e. The Kier molecular flexibility index (Phi) is 6.28. The number of hydrogen-bond donors (Lipinski definition) is 2. The molecule has 1 aliphatic heterocycles. The number of aromatic amines is 1. The predicted molar refractivity (Wildman–Crippen MR) is 134 cm³/mol. The number of aryl methyl sites for hydroxylation is 1. The maximum absolute atomic E-state index is 15.4. The van der Waals surface area contributed by atoms with Crippen LogP contribution in [0.2, 0.25) is 0 Å². The number of carbonyl (C=O) groups excluding carboxylic acids is 1. The molecule has 2 aromatic carbocycles. The first-order valence-corrected chi connectivity index (χ1v) is 13.0. The summed E-state index contributed by atoms with van der Waals surface area (Å²) in [7, 11) is -4.35. The Bertz CT molecular complexity index is 1620. The zero-order chi connectivity index (χ0) is 26.5. The minimum atomic E-state index is -4.35. The molecule has 0 spiro atoms. The van der Waals surface area contributed by atoms with Crippen molar-refractivity contribution in [3.05, 3.63) is 83.2 Å². The molecule has 1 aliphatic rings. The van der Waals surface area contributed by atoms with Gasteiger partial charge in [0.25, 0.3) is 0 Å². The lowest BCUT2D eigenvalue weighted by atomic mass is 9.99. The molecule has 192 valence electrons. The van der Waals surface area contributed by atoms with E-state index in [1.54, 1.807) is 12.3 Å². The van der Waals surface area contributed by atoms with E-state index in [0.717, 1.165) is 27.6 Å². The Morgan fingerprint density at radius 1 is 1.14 bits per heavy atom. The molecule has 5 rings (SSSR count). The average molecular weight is 529 g/mol. The quantitative estimate of drug-likeness (QED) is 0.339. The molecule has 2 atom stereocenters. The number of halogens is 3. The summed E-state index contributed by atoms with van der Waals surface area (Å²) in [6.45, 7) is 3.27. The number of nitrogens with zero attached hydrogens (tertiary/aromatic N) is 2. The number of fused-ring (bicyclic) bond motifs is 1. The molecule has 0 radical (unpaired) electrons. The molecule has 2 aromatic heterocycles. The van der Waals surface area contributed by atoms with Crippen LogP contribution < -0.4 is 4.72 Å². The van der Waals surface area contributed by atoms with Crippen molar-refractivity contribution in [2.75, 3.05) is 11.3 Å². The van der Waals surface area contributed by atoms with E-state index in [-0.39, 0.29) is 18.5 Å². The van der Waals surface area contributed by atoms with Crippen LogP contribution in [0.25, 0.3) is 22.2 Å². The number of ketones is 1.